The first-order valence-corrected chi connectivity index (χ1v) is 6.81. The van der Waals surface area contributed by atoms with Crippen molar-refractivity contribution in [3.8, 4) is 5.82 Å². The molecular formula is C15H22N4. The van der Waals surface area contributed by atoms with Crippen molar-refractivity contribution in [1.82, 2.24) is 20.1 Å². The zero-order valence-corrected chi connectivity index (χ0v) is 12.2. The van der Waals surface area contributed by atoms with Gasteiger partial charge < -0.3 is 5.32 Å². The van der Waals surface area contributed by atoms with Gasteiger partial charge >= 0.3 is 0 Å². The van der Waals surface area contributed by atoms with Gasteiger partial charge in [0.15, 0.2) is 5.82 Å². The van der Waals surface area contributed by atoms with Crippen molar-refractivity contribution >= 4 is 0 Å². The molecule has 0 amide bonds. The zero-order chi connectivity index (χ0) is 13.8. The third-order valence-corrected chi connectivity index (χ3v) is 3.07. The number of aryl methyl sites for hydroxylation is 3. The molecule has 2 aromatic rings. The van der Waals surface area contributed by atoms with Crippen LogP contribution in [-0.2, 0) is 6.54 Å². The highest BCUT2D eigenvalue weighted by atomic mass is 15.3. The highest BCUT2D eigenvalue weighted by molar-refractivity contribution is 5.36. The van der Waals surface area contributed by atoms with Crippen molar-refractivity contribution in [1.29, 1.82) is 0 Å². The predicted octanol–water partition coefficient (Wildman–Crippen LogP) is 2.69. The van der Waals surface area contributed by atoms with Gasteiger partial charge in [-0.15, -0.1) is 0 Å². The fourth-order valence-electron chi connectivity index (χ4n) is 2.20. The largest absolute Gasteiger partial charge is 0.313 e. The summed E-state index contributed by atoms with van der Waals surface area (Å²) in [5.41, 5.74) is 4.51. The van der Waals surface area contributed by atoms with E-state index in [-0.39, 0.29) is 0 Å². The fourth-order valence-corrected chi connectivity index (χ4v) is 2.20. The molecule has 0 saturated heterocycles. The van der Waals surface area contributed by atoms with Crippen LogP contribution in [0.4, 0.5) is 0 Å². The van der Waals surface area contributed by atoms with Crippen LogP contribution in [0.15, 0.2) is 18.3 Å². The van der Waals surface area contributed by atoms with Gasteiger partial charge in [0.1, 0.15) is 0 Å². The number of nitrogens with zero attached hydrogens (tertiary/aromatic N) is 3. The molecule has 0 aliphatic heterocycles. The average Bonchev–Trinajstić information content (AvgIpc) is 2.69. The Balaban J connectivity index is 2.22. The van der Waals surface area contributed by atoms with Crippen LogP contribution in [0.3, 0.4) is 0 Å². The molecule has 2 aromatic heterocycles. The number of aromatic nitrogens is 3. The maximum absolute atomic E-state index is 4.56. The molecule has 4 heteroatoms. The maximum Gasteiger partial charge on any atom is 0.156 e. The Morgan fingerprint density at radius 2 is 2.00 bits per heavy atom. The second kappa shape index (κ2) is 5.97. The zero-order valence-electron chi connectivity index (χ0n) is 12.2. The van der Waals surface area contributed by atoms with Crippen molar-refractivity contribution in [3.05, 3.63) is 40.8 Å². The molecule has 19 heavy (non-hydrogen) atoms. The van der Waals surface area contributed by atoms with E-state index in [4.69, 9.17) is 0 Å². The first kappa shape index (κ1) is 13.7. The molecule has 1 N–H and O–H groups in total. The number of nitrogens with one attached hydrogen (secondary N) is 1. The topological polar surface area (TPSA) is 42.7 Å². The molecular weight excluding hydrogens is 236 g/mol. The van der Waals surface area contributed by atoms with E-state index in [9.17, 15) is 0 Å². The van der Waals surface area contributed by atoms with Gasteiger partial charge in [-0.2, -0.15) is 5.10 Å². The van der Waals surface area contributed by atoms with Gasteiger partial charge in [0.2, 0.25) is 0 Å². The molecule has 102 valence electrons. The fraction of sp³-hybridized carbons (Fsp3) is 0.467. The van der Waals surface area contributed by atoms with Crippen molar-refractivity contribution in [2.75, 3.05) is 6.54 Å². The smallest absolute Gasteiger partial charge is 0.156 e. The van der Waals surface area contributed by atoms with Gasteiger partial charge in [-0.1, -0.05) is 6.92 Å². The molecule has 0 unspecified atom stereocenters. The summed E-state index contributed by atoms with van der Waals surface area (Å²) >= 11 is 0. The molecule has 2 heterocycles. The first-order valence-electron chi connectivity index (χ1n) is 6.81. The van der Waals surface area contributed by atoms with Gasteiger partial charge in [0.25, 0.3) is 0 Å². The van der Waals surface area contributed by atoms with Crippen LogP contribution in [0.2, 0.25) is 0 Å². The van der Waals surface area contributed by atoms with Gasteiger partial charge in [-0.3, -0.25) is 0 Å². The van der Waals surface area contributed by atoms with Gasteiger partial charge in [0, 0.05) is 18.4 Å². The normalized spacial score (nSPS) is 10.9. The average molecular weight is 258 g/mol. The Labute approximate surface area is 114 Å². The van der Waals surface area contributed by atoms with Crippen LogP contribution >= 0.6 is 0 Å². The number of rotatable bonds is 5. The van der Waals surface area contributed by atoms with Crippen LogP contribution in [0.5, 0.6) is 0 Å². The van der Waals surface area contributed by atoms with Crippen LogP contribution < -0.4 is 5.32 Å². The van der Waals surface area contributed by atoms with E-state index in [1.54, 1.807) is 0 Å². The minimum absolute atomic E-state index is 0.874. The second-order valence-corrected chi connectivity index (χ2v) is 5.00. The number of hydrogen-bond acceptors (Lipinski definition) is 3. The van der Waals surface area contributed by atoms with Crippen molar-refractivity contribution in [3.63, 3.8) is 0 Å². The Hall–Kier alpha value is -1.68. The molecule has 0 spiro atoms. The molecule has 4 nitrogen and oxygen atoms in total. The number of pyridine rings is 1. The Kier molecular flexibility index (Phi) is 4.32. The molecule has 2 rings (SSSR count). The first-order chi connectivity index (χ1) is 9.11. The van der Waals surface area contributed by atoms with Crippen LogP contribution in [-0.4, -0.2) is 21.3 Å². The van der Waals surface area contributed by atoms with E-state index < -0.39 is 0 Å². The van der Waals surface area contributed by atoms with Crippen molar-refractivity contribution < 1.29 is 0 Å². The lowest BCUT2D eigenvalue weighted by Gasteiger charge is -2.09. The third kappa shape index (κ3) is 3.20. The van der Waals surface area contributed by atoms with Crippen molar-refractivity contribution in [2.45, 2.75) is 40.7 Å². The minimum atomic E-state index is 0.874. The molecule has 0 aliphatic carbocycles. The summed E-state index contributed by atoms with van der Waals surface area (Å²) in [5.74, 6) is 0.921. The summed E-state index contributed by atoms with van der Waals surface area (Å²) in [5, 5.41) is 7.88. The van der Waals surface area contributed by atoms with Gasteiger partial charge in [0.05, 0.1) is 5.69 Å². The van der Waals surface area contributed by atoms with Crippen LogP contribution in [0.1, 0.15) is 35.9 Å². The summed E-state index contributed by atoms with van der Waals surface area (Å²) < 4.78 is 1.91. The Morgan fingerprint density at radius 3 is 2.58 bits per heavy atom. The lowest BCUT2D eigenvalue weighted by Crippen LogP contribution is -2.14. The van der Waals surface area contributed by atoms with Gasteiger partial charge in [-0.05, 0) is 57.0 Å². The van der Waals surface area contributed by atoms with Crippen LogP contribution in [0.25, 0.3) is 5.82 Å². The minimum Gasteiger partial charge on any atom is -0.313 e. The van der Waals surface area contributed by atoms with Gasteiger partial charge in [-0.25, -0.2) is 9.67 Å². The highest BCUT2D eigenvalue weighted by Crippen LogP contribution is 2.15. The molecule has 0 atom stereocenters. The summed E-state index contributed by atoms with van der Waals surface area (Å²) in [4.78, 5) is 4.56. The lowest BCUT2D eigenvalue weighted by molar-refractivity contribution is 0.672. The summed E-state index contributed by atoms with van der Waals surface area (Å²) in [6.07, 6.45) is 3.08. The molecule has 0 radical (unpaired) electrons. The molecule has 0 aliphatic rings. The standard InChI is InChI=1S/C15H22N4/c1-5-6-16-9-14-7-11(2)15(17-10-14)19-13(4)8-12(3)18-19/h7-8,10,16H,5-6,9H2,1-4H3. The van der Waals surface area contributed by atoms with E-state index in [0.29, 0.717) is 0 Å². The van der Waals surface area contributed by atoms with E-state index in [0.717, 1.165) is 42.3 Å². The summed E-state index contributed by atoms with van der Waals surface area (Å²) in [6, 6.07) is 4.25. The van der Waals surface area contributed by atoms with E-state index in [1.807, 2.05) is 17.8 Å². The molecule has 0 saturated carbocycles. The van der Waals surface area contributed by atoms with E-state index in [2.05, 4.69) is 48.3 Å². The number of hydrogen-bond donors (Lipinski definition) is 1. The molecule has 0 fully saturated rings. The second-order valence-electron chi connectivity index (χ2n) is 5.00. The molecule has 0 aromatic carbocycles. The summed E-state index contributed by atoms with van der Waals surface area (Å²) in [7, 11) is 0. The summed E-state index contributed by atoms with van der Waals surface area (Å²) in [6.45, 7) is 10.2. The Morgan fingerprint density at radius 1 is 1.21 bits per heavy atom. The van der Waals surface area contributed by atoms with E-state index >= 15 is 0 Å². The SMILES string of the molecule is CCCNCc1cnc(-n2nc(C)cc2C)c(C)c1. The van der Waals surface area contributed by atoms with E-state index in [1.165, 1.54) is 5.56 Å². The lowest BCUT2D eigenvalue weighted by atomic mass is 10.2. The monoisotopic (exact) mass is 258 g/mol. The Bertz CT molecular complexity index is 557. The molecule has 0 bridgehead atoms. The van der Waals surface area contributed by atoms with Crippen LogP contribution in [0, 0.1) is 20.8 Å². The maximum atomic E-state index is 4.56. The van der Waals surface area contributed by atoms with Crippen molar-refractivity contribution in [2.24, 2.45) is 0 Å². The third-order valence-electron chi connectivity index (χ3n) is 3.07. The predicted molar refractivity (Wildman–Crippen MR) is 77.6 cm³/mol. The highest BCUT2D eigenvalue weighted by Gasteiger charge is 2.08. The quantitative estimate of drug-likeness (QED) is 0.838.